The fourth-order valence-corrected chi connectivity index (χ4v) is 3.46. The van der Waals surface area contributed by atoms with E-state index in [1.807, 2.05) is 67.7 Å². The summed E-state index contributed by atoms with van der Waals surface area (Å²) in [6.07, 6.45) is 0.301. The van der Waals surface area contributed by atoms with Gasteiger partial charge in [-0.2, -0.15) is 0 Å². The lowest BCUT2D eigenvalue weighted by molar-refractivity contribution is -0.115. The van der Waals surface area contributed by atoms with Crippen LogP contribution in [-0.2, 0) is 11.2 Å². The Morgan fingerprint density at radius 3 is 2.54 bits per heavy atom. The average molecular weight is 386 g/mol. The van der Waals surface area contributed by atoms with Crippen LogP contribution in [-0.4, -0.2) is 25.0 Å². The monoisotopic (exact) mass is 385 g/mol. The number of hydrogen-bond donors (Lipinski definition) is 1. The van der Waals surface area contributed by atoms with Crippen LogP contribution in [0.15, 0.2) is 47.8 Å². The summed E-state index contributed by atoms with van der Waals surface area (Å²) in [5.41, 5.74) is 4.60. The number of hydrogen-bond acceptors (Lipinski definition) is 4. The van der Waals surface area contributed by atoms with Crippen LogP contribution in [0.1, 0.15) is 10.6 Å². The van der Waals surface area contributed by atoms with E-state index in [4.69, 9.17) is 11.6 Å². The smallest absolute Gasteiger partial charge is 0.228 e. The Morgan fingerprint density at radius 1 is 1.19 bits per heavy atom. The maximum Gasteiger partial charge on any atom is 0.228 e. The zero-order valence-corrected chi connectivity index (χ0v) is 16.5. The maximum absolute atomic E-state index is 12.4. The van der Waals surface area contributed by atoms with Gasteiger partial charge in [0.2, 0.25) is 5.91 Å². The minimum absolute atomic E-state index is 0.0763. The first-order valence-electron chi connectivity index (χ1n) is 8.20. The van der Waals surface area contributed by atoms with Crippen LogP contribution in [0.2, 0.25) is 5.02 Å². The molecule has 0 atom stereocenters. The average Bonchev–Trinajstić information content (AvgIpc) is 3.01. The van der Waals surface area contributed by atoms with Gasteiger partial charge in [-0.05, 0) is 30.7 Å². The van der Waals surface area contributed by atoms with Crippen LogP contribution >= 0.6 is 22.9 Å². The molecule has 0 bridgehead atoms. The zero-order valence-electron chi connectivity index (χ0n) is 14.9. The van der Waals surface area contributed by atoms with Crippen molar-refractivity contribution >= 4 is 40.2 Å². The summed E-state index contributed by atoms with van der Waals surface area (Å²) in [7, 11) is 3.86. The van der Waals surface area contributed by atoms with E-state index in [-0.39, 0.29) is 5.91 Å². The van der Waals surface area contributed by atoms with Gasteiger partial charge in [-0.1, -0.05) is 35.9 Å². The minimum atomic E-state index is -0.0763. The Morgan fingerprint density at radius 2 is 1.92 bits per heavy atom. The third-order valence-corrected chi connectivity index (χ3v) is 4.96. The molecule has 0 radical (unpaired) electrons. The number of nitrogens with zero attached hydrogens (tertiary/aromatic N) is 2. The third-order valence-electron chi connectivity index (χ3n) is 3.95. The SMILES string of the molecule is Cc1nc(-c2ccc(CC(=O)Nc3cc(Cl)ccc3N(C)C)cc2)cs1. The number of halogens is 1. The van der Waals surface area contributed by atoms with Crippen molar-refractivity contribution in [3.05, 3.63) is 63.4 Å². The Hall–Kier alpha value is -2.37. The van der Waals surface area contributed by atoms with E-state index in [2.05, 4.69) is 10.3 Å². The Kier molecular flexibility index (Phi) is 5.59. The first-order chi connectivity index (χ1) is 12.4. The summed E-state index contributed by atoms with van der Waals surface area (Å²) >= 11 is 7.70. The molecule has 0 spiro atoms. The summed E-state index contributed by atoms with van der Waals surface area (Å²) < 4.78 is 0. The highest BCUT2D eigenvalue weighted by molar-refractivity contribution is 7.09. The Labute approximate surface area is 162 Å². The first-order valence-corrected chi connectivity index (χ1v) is 9.46. The summed E-state index contributed by atoms with van der Waals surface area (Å²) in [4.78, 5) is 18.9. The summed E-state index contributed by atoms with van der Waals surface area (Å²) in [5.74, 6) is -0.0763. The molecule has 3 aromatic rings. The molecule has 26 heavy (non-hydrogen) atoms. The molecule has 0 unspecified atom stereocenters. The summed E-state index contributed by atoms with van der Waals surface area (Å²) in [6.45, 7) is 1.99. The molecule has 1 N–H and O–H groups in total. The molecule has 0 aliphatic heterocycles. The number of amides is 1. The second-order valence-electron chi connectivity index (χ2n) is 6.23. The maximum atomic E-state index is 12.4. The van der Waals surface area contributed by atoms with Crippen LogP contribution in [0.4, 0.5) is 11.4 Å². The van der Waals surface area contributed by atoms with Gasteiger partial charge in [0.25, 0.3) is 0 Å². The van der Waals surface area contributed by atoms with Crippen molar-refractivity contribution in [1.29, 1.82) is 0 Å². The number of carbonyl (C=O) groups excluding carboxylic acids is 1. The third kappa shape index (κ3) is 4.42. The molecule has 0 fully saturated rings. The Balaban J connectivity index is 1.70. The van der Waals surface area contributed by atoms with Crippen molar-refractivity contribution in [1.82, 2.24) is 4.98 Å². The van der Waals surface area contributed by atoms with Crippen LogP contribution in [0.25, 0.3) is 11.3 Å². The van der Waals surface area contributed by atoms with Gasteiger partial charge < -0.3 is 10.2 Å². The molecule has 2 aromatic carbocycles. The van der Waals surface area contributed by atoms with E-state index >= 15 is 0 Å². The molecule has 4 nitrogen and oxygen atoms in total. The van der Waals surface area contributed by atoms with Crippen molar-refractivity contribution in [2.24, 2.45) is 0 Å². The highest BCUT2D eigenvalue weighted by Crippen LogP contribution is 2.28. The van der Waals surface area contributed by atoms with Crippen LogP contribution in [0.3, 0.4) is 0 Å². The van der Waals surface area contributed by atoms with E-state index in [1.54, 1.807) is 17.4 Å². The Bertz CT molecular complexity index is 919. The highest BCUT2D eigenvalue weighted by atomic mass is 35.5. The number of rotatable bonds is 5. The molecule has 0 aliphatic rings. The minimum Gasteiger partial charge on any atom is -0.376 e. The zero-order chi connectivity index (χ0) is 18.7. The quantitative estimate of drug-likeness (QED) is 0.670. The number of anilines is 2. The van der Waals surface area contributed by atoms with Crippen LogP contribution in [0, 0.1) is 6.92 Å². The van der Waals surface area contributed by atoms with Gasteiger partial charge in [-0.25, -0.2) is 4.98 Å². The van der Waals surface area contributed by atoms with Gasteiger partial charge in [0.05, 0.1) is 28.5 Å². The summed E-state index contributed by atoms with van der Waals surface area (Å²) in [6, 6.07) is 13.4. The van der Waals surface area contributed by atoms with Gasteiger partial charge in [0.15, 0.2) is 0 Å². The van der Waals surface area contributed by atoms with Crippen molar-refractivity contribution in [3.8, 4) is 11.3 Å². The van der Waals surface area contributed by atoms with Gasteiger partial charge in [0, 0.05) is 30.1 Å². The molecule has 1 heterocycles. The van der Waals surface area contributed by atoms with Gasteiger partial charge in [-0.3, -0.25) is 4.79 Å². The van der Waals surface area contributed by atoms with Crippen molar-refractivity contribution in [2.45, 2.75) is 13.3 Å². The van der Waals surface area contributed by atoms with Crippen LogP contribution in [0.5, 0.6) is 0 Å². The molecule has 1 aromatic heterocycles. The van der Waals surface area contributed by atoms with Gasteiger partial charge in [-0.15, -0.1) is 11.3 Å². The molecule has 3 rings (SSSR count). The van der Waals surface area contributed by atoms with Crippen molar-refractivity contribution < 1.29 is 4.79 Å². The predicted molar refractivity (Wildman–Crippen MR) is 110 cm³/mol. The van der Waals surface area contributed by atoms with E-state index in [0.29, 0.717) is 17.1 Å². The molecule has 0 aliphatic carbocycles. The first kappa shape index (κ1) is 18.4. The number of benzene rings is 2. The normalized spacial score (nSPS) is 10.6. The molecular weight excluding hydrogens is 366 g/mol. The van der Waals surface area contributed by atoms with Crippen molar-refractivity contribution in [3.63, 3.8) is 0 Å². The van der Waals surface area contributed by atoms with Gasteiger partial charge >= 0.3 is 0 Å². The number of thiazole rings is 1. The molecule has 0 saturated carbocycles. The lowest BCUT2D eigenvalue weighted by Gasteiger charge is -2.18. The molecule has 1 amide bonds. The predicted octanol–water partition coefficient (Wildman–Crippen LogP) is 5.02. The number of aromatic nitrogens is 1. The largest absolute Gasteiger partial charge is 0.376 e. The van der Waals surface area contributed by atoms with E-state index < -0.39 is 0 Å². The second kappa shape index (κ2) is 7.89. The molecule has 134 valence electrons. The molecule has 0 saturated heterocycles. The number of carbonyl (C=O) groups is 1. The lowest BCUT2D eigenvalue weighted by atomic mass is 10.1. The van der Waals surface area contributed by atoms with E-state index in [9.17, 15) is 4.79 Å². The second-order valence-corrected chi connectivity index (χ2v) is 7.73. The number of nitrogens with one attached hydrogen (secondary N) is 1. The summed E-state index contributed by atoms with van der Waals surface area (Å²) in [5, 5.41) is 6.63. The van der Waals surface area contributed by atoms with Crippen LogP contribution < -0.4 is 10.2 Å². The topological polar surface area (TPSA) is 45.2 Å². The van der Waals surface area contributed by atoms with E-state index in [1.165, 1.54) is 0 Å². The standard InChI is InChI=1S/C20H20ClN3OS/c1-13-22-18(12-26-13)15-6-4-14(5-7-15)10-20(25)23-17-11-16(21)8-9-19(17)24(2)3/h4-9,11-12H,10H2,1-3H3,(H,23,25). The fourth-order valence-electron chi connectivity index (χ4n) is 2.67. The van der Waals surface area contributed by atoms with Crippen molar-refractivity contribution in [2.75, 3.05) is 24.3 Å². The molecule has 6 heteroatoms. The van der Waals surface area contributed by atoms with Gasteiger partial charge in [0.1, 0.15) is 0 Å². The lowest BCUT2D eigenvalue weighted by Crippen LogP contribution is -2.18. The molecular formula is C20H20ClN3OS. The highest BCUT2D eigenvalue weighted by Gasteiger charge is 2.10. The fraction of sp³-hybridized carbons (Fsp3) is 0.200. The van der Waals surface area contributed by atoms with E-state index in [0.717, 1.165) is 27.5 Å². The number of aryl methyl sites for hydroxylation is 1.